The topological polar surface area (TPSA) is 61.8 Å². The first-order chi connectivity index (χ1) is 15.4. The van der Waals surface area contributed by atoms with Crippen LogP contribution in [0.1, 0.15) is 30.0 Å². The summed E-state index contributed by atoms with van der Waals surface area (Å²) >= 11 is 6.07. The van der Waals surface area contributed by atoms with Gasteiger partial charge in [-0.25, -0.2) is 0 Å². The maximum Gasteiger partial charge on any atom is 0.244 e. The second-order valence-corrected chi connectivity index (χ2v) is 8.20. The van der Waals surface area contributed by atoms with Crippen molar-refractivity contribution in [1.29, 1.82) is 0 Å². The van der Waals surface area contributed by atoms with Crippen LogP contribution in [0, 0.1) is 6.92 Å². The van der Waals surface area contributed by atoms with Crippen molar-refractivity contribution in [3.8, 4) is 0 Å². The Hall–Kier alpha value is -3.44. The quantitative estimate of drug-likeness (QED) is 0.547. The Bertz CT molecular complexity index is 1200. The SMILES string of the molecule is CCc1ccc(C2=Nc3ccccc3N(CC(=O)Nc3cc(Cl)ccc3C)C(=O)C2)cc1. The minimum Gasteiger partial charge on any atom is -0.324 e. The zero-order chi connectivity index (χ0) is 22.7. The van der Waals surface area contributed by atoms with Crippen molar-refractivity contribution >= 4 is 46.2 Å². The van der Waals surface area contributed by atoms with Crippen molar-refractivity contribution in [1.82, 2.24) is 0 Å². The van der Waals surface area contributed by atoms with Gasteiger partial charge in [0.15, 0.2) is 0 Å². The van der Waals surface area contributed by atoms with Crippen LogP contribution in [-0.2, 0) is 16.0 Å². The number of hydrogen-bond acceptors (Lipinski definition) is 3. The van der Waals surface area contributed by atoms with Crippen LogP contribution in [0.5, 0.6) is 0 Å². The Morgan fingerprint density at radius 1 is 1.09 bits per heavy atom. The van der Waals surface area contributed by atoms with Crippen molar-refractivity contribution in [3.63, 3.8) is 0 Å². The molecule has 0 atom stereocenters. The summed E-state index contributed by atoms with van der Waals surface area (Å²) in [6.45, 7) is 3.88. The van der Waals surface area contributed by atoms with Gasteiger partial charge in [-0.15, -0.1) is 0 Å². The van der Waals surface area contributed by atoms with E-state index < -0.39 is 0 Å². The molecule has 0 spiro atoms. The van der Waals surface area contributed by atoms with Crippen molar-refractivity contribution in [2.75, 3.05) is 16.8 Å². The molecule has 0 saturated carbocycles. The van der Waals surface area contributed by atoms with Crippen LogP contribution in [0.2, 0.25) is 5.02 Å². The molecule has 1 heterocycles. The fraction of sp³-hybridized carbons (Fsp3) is 0.192. The van der Waals surface area contributed by atoms with Gasteiger partial charge >= 0.3 is 0 Å². The molecular weight excluding hydrogens is 422 g/mol. The standard InChI is InChI=1S/C26H24ClN3O2/c1-3-18-9-11-19(12-10-18)23-15-26(32)30(24-7-5-4-6-21(24)28-23)16-25(31)29-22-14-20(27)13-8-17(22)2/h4-14H,3,15-16H2,1-2H3,(H,29,31). The molecule has 0 radical (unpaired) electrons. The van der Waals surface area contributed by atoms with E-state index in [0.29, 0.717) is 27.8 Å². The minimum absolute atomic E-state index is 0.112. The van der Waals surface area contributed by atoms with Gasteiger partial charge in [0.05, 0.1) is 23.5 Å². The van der Waals surface area contributed by atoms with Crippen LogP contribution >= 0.6 is 11.6 Å². The van der Waals surface area contributed by atoms with Crippen LogP contribution in [0.3, 0.4) is 0 Å². The zero-order valence-electron chi connectivity index (χ0n) is 18.1. The largest absolute Gasteiger partial charge is 0.324 e. The number of nitrogens with one attached hydrogen (secondary N) is 1. The molecular formula is C26H24ClN3O2. The Kier molecular flexibility index (Phi) is 6.37. The summed E-state index contributed by atoms with van der Waals surface area (Å²) in [6.07, 6.45) is 1.06. The van der Waals surface area contributed by atoms with Crippen LogP contribution in [-0.4, -0.2) is 24.1 Å². The lowest BCUT2D eigenvalue weighted by molar-refractivity contribution is -0.120. The molecule has 3 aromatic carbocycles. The number of anilines is 2. The van der Waals surface area contributed by atoms with Crippen LogP contribution < -0.4 is 10.2 Å². The van der Waals surface area contributed by atoms with E-state index in [1.807, 2.05) is 49.4 Å². The lowest BCUT2D eigenvalue weighted by Crippen LogP contribution is -2.38. The maximum atomic E-state index is 13.2. The number of carbonyl (C=O) groups excluding carboxylic acids is 2. The normalized spacial score (nSPS) is 13.3. The number of rotatable bonds is 5. The number of halogens is 1. The van der Waals surface area contributed by atoms with Crippen LogP contribution in [0.4, 0.5) is 17.1 Å². The van der Waals surface area contributed by atoms with Crippen LogP contribution in [0.15, 0.2) is 71.7 Å². The van der Waals surface area contributed by atoms with E-state index in [0.717, 1.165) is 17.5 Å². The molecule has 1 aliphatic heterocycles. The first-order valence-corrected chi connectivity index (χ1v) is 10.9. The minimum atomic E-state index is -0.297. The highest BCUT2D eigenvalue weighted by atomic mass is 35.5. The molecule has 0 aliphatic carbocycles. The van der Waals surface area contributed by atoms with Gasteiger partial charge in [0.2, 0.25) is 11.8 Å². The molecule has 0 unspecified atom stereocenters. The summed E-state index contributed by atoms with van der Waals surface area (Å²) in [6, 6.07) is 20.8. The third-order valence-electron chi connectivity index (χ3n) is 5.52. The summed E-state index contributed by atoms with van der Waals surface area (Å²) in [5.74, 6) is -0.472. The number of aryl methyl sites for hydroxylation is 2. The van der Waals surface area contributed by atoms with Gasteiger partial charge in [0.1, 0.15) is 6.54 Å². The van der Waals surface area contributed by atoms with Gasteiger partial charge in [0.25, 0.3) is 0 Å². The Balaban J connectivity index is 1.60. The summed E-state index contributed by atoms with van der Waals surface area (Å²) in [7, 11) is 0. The molecule has 0 aromatic heterocycles. The van der Waals surface area contributed by atoms with Crippen molar-refractivity contribution < 1.29 is 9.59 Å². The Morgan fingerprint density at radius 2 is 1.84 bits per heavy atom. The number of carbonyl (C=O) groups is 2. The summed E-state index contributed by atoms with van der Waals surface area (Å²) in [5.41, 5.74) is 5.64. The highest BCUT2D eigenvalue weighted by Gasteiger charge is 2.26. The molecule has 1 N–H and O–H groups in total. The number of benzene rings is 3. The second-order valence-electron chi connectivity index (χ2n) is 7.76. The molecule has 5 nitrogen and oxygen atoms in total. The third kappa shape index (κ3) is 4.73. The van der Waals surface area contributed by atoms with E-state index in [-0.39, 0.29) is 24.8 Å². The zero-order valence-corrected chi connectivity index (χ0v) is 18.8. The molecule has 162 valence electrons. The molecule has 6 heteroatoms. The Labute approximate surface area is 192 Å². The molecule has 1 aliphatic rings. The second kappa shape index (κ2) is 9.37. The molecule has 0 bridgehead atoms. The van der Waals surface area contributed by atoms with E-state index in [4.69, 9.17) is 16.6 Å². The highest BCUT2D eigenvalue weighted by molar-refractivity contribution is 6.31. The van der Waals surface area contributed by atoms with Gasteiger partial charge in [-0.2, -0.15) is 0 Å². The van der Waals surface area contributed by atoms with E-state index in [1.165, 1.54) is 10.5 Å². The fourth-order valence-corrected chi connectivity index (χ4v) is 3.85. The lowest BCUT2D eigenvalue weighted by atomic mass is 10.0. The van der Waals surface area contributed by atoms with E-state index >= 15 is 0 Å². The number of fused-ring (bicyclic) bond motifs is 1. The number of para-hydroxylation sites is 2. The number of aliphatic imine (C=N–C) groups is 1. The molecule has 4 rings (SSSR count). The van der Waals surface area contributed by atoms with Crippen molar-refractivity contribution in [2.24, 2.45) is 4.99 Å². The van der Waals surface area contributed by atoms with Gasteiger partial charge < -0.3 is 10.2 Å². The fourth-order valence-electron chi connectivity index (χ4n) is 3.68. The lowest BCUT2D eigenvalue weighted by Gasteiger charge is -2.22. The van der Waals surface area contributed by atoms with E-state index in [2.05, 4.69) is 24.4 Å². The van der Waals surface area contributed by atoms with E-state index in [9.17, 15) is 9.59 Å². The van der Waals surface area contributed by atoms with Gasteiger partial charge in [0, 0.05) is 10.7 Å². The summed E-state index contributed by atoms with van der Waals surface area (Å²) < 4.78 is 0. The average molecular weight is 446 g/mol. The van der Waals surface area contributed by atoms with Gasteiger partial charge in [-0.05, 0) is 54.3 Å². The number of hydrogen-bond donors (Lipinski definition) is 1. The van der Waals surface area contributed by atoms with Crippen molar-refractivity contribution in [3.05, 3.63) is 88.4 Å². The highest BCUT2D eigenvalue weighted by Crippen LogP contribution is 2.33. The monoisotopic (exact) mass is 445 g/mol. The molecule has 0 fully saturated rings. The number of nitrogens with zero attached hydrogens (tertiary/aromatic N) is 2. The van der Waals surface area contributed by atoms with Crippen LogP contribution in [0.25, 0.3) is 0 Å². The molecule has 0 saturated heterocycles. The number of amides is 2. The molecule has 2 amide bonds. The smallest absolute Gasteiger partial charge is 0.244 e. The van der Waals surface area contributed by atoms with Crippen molar-refractivity contribution in [2.45, 2.75) is 26.7 Å². The predicted molar refractivity (Wildman–Crippen MR) is 130 cm³/mol. The van der Waals surface area contributed by atoms with E-state index in [1.54, 1.807) is 12.1 Å². The first kappa shape index (κ1) is 21.8. The predicted octanol–water partition coefficient (Wildman–Crippen LogP) is 5.71. The van der Waals surface area contributed by atoms with Gasteiger partial charge in [-0.3, -0.25) is 14.6 Å². The first-order valence-electron chi connectivity index (χ1n) is 10.6. The molecule has 32 heavy (non-hydrogen) atoms. The molecule has 3 aromatic rings. The Morgan fingerprint density at radius 3 is 2.59 bits per heavy atom. The average Bonchev–Trinajstić information content (AvgIpc) is 2.93. The summed E-state index contributed by atoms with van der Waals surface area (Å²) in [5, 5.41) is 3.41. The van der Waals surface area contributed by atoms with Gasteiger partial charge in [-0.1, -0.05) is 61.0 Å². The summed E-state index contributed by atoms with van der Waals surface area (Å²) in [4.78, 5) is 32.4. The maximum absolute atomic E-state index is 13.2. The third-order valence-corrected chi connectivity index (χ3v) is 5.75.